The number of carboxylic acids is 2. The first-order valence-corrected chi connectivity index (χ1v) is 5.79. The Balaban J connectivity index is 2.49. The molecule has 0 heterocycles. The van der Waals surface area contributed by atoms with E-state index in [1.165, 1.54) is 0 Å². The van der Waals surface area contributed by atoms with Crippen molar-refractivity contribution in [2.45, 2.75) is 25.4 Å². The van der Waals surface area contributed by atoms with E-state index < -0.39 is 18.0 Å². The van der Waals surface area contributed by atoms with E-state index in [1.807, 2.05) is 0 Å². The third-order valence-corrected chi connectivity index (χ3v) is 2.66. The molecule has 6 heteroatoms. The van der Waals surface area contributed by atoms with Gasteiger partial charge in [-0.1, -0.05) is 23.7 Å². The number of aliphatic carboxylic acids is 2. The van der Waals surface area contributed by atoms with Gasteiger partial charge in [-0.05, 0) is 24.1 Å². The zero-order valence-electron chi connectivity index (χ0n) is 9.60. The summed E-state index contributed by atoms with van der Waals surface area (Å²) in [5, 5.41) is 20.9. The lowest BCUT2D eigenvalue weighted by Crippen LogP contribution is -2.36. The quantitative estimate of drug-likeness (QED) is 0.703. The van der Waals surface area contributed by atoms with Crippen molar-refractivity contribution >= 4 is 23.5 Å². The molecule has 0 amide bonds. The number of nitrogens with one attached hydrogen (secondary N) is 1. The zero-order valence-corrected chi connectivity index (χ0v) is 10.4. The molecule has 3 N–H and O–H groups in total. The highest BCUT2D eigenvalue weighted by Crippen LogP contribution is 2.09. The van der Waals surface area contributed by atoms with E-state index in [0.29, 0.717) is 11.6 Å². The van der Waals surface area contributed by atoms with Gasteiger partial charge in [0.2, 0.25) is 0 Å². The highest BCUT2D eigenvalue weighted by Gasteiger charge is 2.17. The number of hydrogen-bond donors (Lipinski definition) is 3. The molecule has 0 fully saturated rings. The summed E-state index contributed by atoms with van der Waals surface area (Å²) in [6, 6.07) is 6.13. The molecule has 0 aliphatic heterocycles. The average molecular weight is 272 g/mol. The van der Waals surface area contributed by atoms with Gasteiger partial charge < -0.3 is 15.5 Å². The molecule has 0 saturated carbocycles. The Morgan fingerprint density at radius 2 is 1.83 bits per heavy atom. The van der Waals surface area contributed by atoms with Crippen molar-refractivity contribution in [3.05, 3.63) is 34.9 Å². The number of rotatable bonds is 7. The maximum Gasteiger partial charge on any atom is 0.320 e. The minimum atomic E-state index is -1.05. The molecule has 0 radical (unpaired) electrons. The Bertz CT molecular complexity index is 419. The lowest BCUT2D eigenvalue weighted by atomic mass is 10.1. The van der Waals surface area contributed by atoms with Gasteiger partial charge in [0.1, 0.15) is 6.04 Å². The van der Waals surface area contributed by atoms with Crippen LogP contribution in [-0.2, 0) is 16.1 Å². The normalized spacial score (nSPS) is 12.1. The van der Waals surface area contributed by atoms with Gasteiger partial charge in [-0.25, -0.2) is 0 Å². The molecule has 98 valence electrons. The number of carbonyl (C=O) groups is 2. The fourth-order valence-electron chi connectivity index (χ4n) is 1.42. The van der Waals surface area contributed by atoms with Crippen LogP contribution in [0.25, 0.3) is 0 Å². The lowest BCUT2D eigenvalue weighted by Gasteiger charge is -2.13. The highest BCUT2D eigenvalue weighted by molar-refractivity contribution is 6.30. The highest BCUT2D eigenvalue weighted by atomic mass is 35.5. The standard InChI is InChI=1S/C12H14ClNO4/c13-9-3-1-8(2-4-9)7-14-10(12(17)18)5-6-11(15)16/h1-4,10,14H,5-7H2,(H,15,16)(H,17,18). The number of halogens is 1. The van der Waals surface area contributed by atoms with Crippen molar-refractivity contribution in [1.29, 1.82) is 0 Å². The Hall–Kier alpha value is -1.59. The van der Waals surface area contributed by atoms with E-state index in [9.17, 15) is 9.59 Å². The van der Waals surface area contributed by atoms with Crippen LogP contribution in [0.2, 0.25) is 5.02 Å². The van der Waals surface area contributed by atoms with E-state index in [4.69, 9.17) is 21.8 Å². The van der Waals surface area contributed by atoms with Crippen molar-refractivity contribution < 1.29 is 19.8 Å². The third kappa shape index (κ3) is 5.16. The van der Waals surface area contributed by atoms with Gasteiger partial charge in [-0.15, -0.1) is 0 Å². The number of benzene rings is 1. The Morgan fingerprint density at radius 3 is 2.33 bits per heavy atom. The molecule has 18 heavy (non-hydrogen) atoms. The molecule has 0 aliphatic carbocycles. The molecule has 0 aromatic heterocycles. The van der Waals surface area contributed by atoms with Crippen LogP contribution in [0.15, 0.2) is 24.3 Å². The monoisotopic (exact) mass is 271 g/mol. The first kappa shape index (κ1) is 14.5. The molecular weight excluding hydrogens is 258 g/mol. The average Bonchev–Trinajstić information content (AvgIpc) is 2.30. The molecule has 0 aliphatic rings. The summed E-state index contributed by atoms with van der Waals surface area (Å²) < 4.78 is 0. The molecular formula is C12H14ClNO4. The molecule has 1 aromatic carbocycles. The van der Waals surface area contributed by atoms with Gasteiger partial charge in [0.15, 0.2) is 0 Å². The van der Waals surface area contributed by atoms with Crippen LogP contribution < -0.4 is 5.32 Å². The SMILES string of the molecule is O=C(O)CCC(NCc1ccc(Cl)cc1)C(=O)O. The van der Waals surface area contributed by atoms with E-state index in [0.717, 1.165) is 5.56 Å². The Kier molecular flexibility index (Phi) is 5.61. The predicted octanol–water partition coefficient (Wildman–Crippen LogP) is 1.75. The molecule has 0 spiro atoms. The maximum atomic E-state index is 10.9. The minimum absolute atomic E-state index is 0.0538. The fourth-order valence-corrected chi connectivity index (χ4v) is 1.55. The molecule has 1 atom stereocenters. The van der Waals surface area contributed by atoms with Gasteiger partial charge in [-0.2, -0.15) is 0 Å². The molecule has 0 saturated heterocycles. The number of carboxylic acid groups (broad SMARTS) is 2. The third-order valence-electron chi connectivity index (χ3n) is 2.41. The molecule has 1 rings (SSSR count). The smallest absolute Gasteiger partial charge is 0.320 e. The van der Waals surface area contributed by atoms with Crippen LogP contribution >= 0.6 is 11.6 Å². The molecule has 0 bridgehead atoms. The van der Waals surface area contributed by atoms with Crippen LogP contribution in [0, 0.1) is 0 Å². The van der Waals surface area contributed by atoms with Crippen molar-refractivity contribution in [2.24, 2.45) is 0 Å². The van der Waals surface area contributed by atoms with E-state index in [1.54, 1.807) is 24.3 Å². The van der Waals surface area contributed by atoms with Gasteiger partial charge >= 0.3 is 11.9 Å². The van der Waals surface area contributed by atoms with Crippen molar-refractivity contribution in [3.63, 3.8) is 0 Å². The second-order valence-corrected chi connectivity index (χ2v) is 4.27. The van der Waals surface area contributed by atoms with Crippen LogP contribution in [0.1, 0.15) is 18.4 Å². The Morgan fingerprint density at radius 1 is 1.22 bits per heavy atom. The van der Waals surface area contributed by atoms with E-state index >= 15 is 0 Å². The lowest BCUT2D eigenvalue weighted by molar-refractivity contribution is -0.140. The van der Waals surface area contributed by atoms with Crippen LogP contribution in [0.4, 0.5) is 0 Å². The topological polar surface area (TPSA) is 86.6 Å². The summed E-state index contributed by atoms with van der Waals surface area (Å²) in [4.78, 5) is 21.3. The van der Waals surface area contributed by atoms with Gasteiger partial charge in [-0.3, -0.25) is 9.59 Å². The maximum absolute atomic E-state index is 10.9. The summed E-state index contributed by atoms with van der Waals surface area (Å²) in [6.45, 7) is 0.355. The number of hydrogen-bond acceptors (Lipinski definition) is 3. The summed E-state index contributed by atoms with van der Waals surface area (Å²) in [7, 11) is 0. The summed E-state index contributed by atoms with van der Waals surface area (Å²) >= 11 is 5.73. The molecule has 1 unspecified atom stereocenters. The minimum Gasteiger partial charge on any atom is -0.481 e. The predicted molar refractivity (Wildman–Crippen MR) is 66.6 cm³/mol. The van der Waals surface area contributed by atoms with Gasteiger partial charge in [0.25, 0.3) is 0 Å². The molecule has 5 nitrogen and oxygen atoms in total. The summed E-state index contributed by atoms with van der Waals surface area (Å²) in [5.74, 6) is -2.06. The molecule has 1 aromatic rings. The van der Waals surface area contributed by atoms with Crippen LogP contribution in [-0.4, -0.2) is 28.2 Å². The second kappa shape index (κ2) is 6.98. The first-order chi connectivity index (χ1) is 8.49. The van der Waals surface area contributed by atoms with Crippen LogP contribution in [0.3, 0.4) is 0 Å². The van der Waals surface area contributed by atoms with E-state index in [2.05, 4.69) is 5.32 Å². The summed E-state index contributed by atoms with van der Waals surface area (Å²) in [5.41, 5.74) is 0.890. The van der Waals surface area contributed by atoms with Crippen molar-refractivity contribution in [1.82, 2.24) is 5.32 Å². The summed E-state index contributed by atoms with van der Waals surface area (Å²) in [6.07, 6.45) is -0.122. The van der Waals surface area contributed by atoms with Crippen LogP contribution in [0.5, 0.6) is 0 Å². The largest absolute Gasteiger partial charge is 0.481 e. The van der Waals surface area contributed by atoms with Crippen molar-refractivity contribution in [3.8, 4) is 0 Å². The fraction of sp³-hybridized carbons (Fsp3) is 0.333. The van der Waals surface area contributed by atoms with E-state index in [-0.39, 0.29) is 12.8 Å². The first-order valence-electron chi connectivity index (χ1n) is 5.41. The van der Waals surface area contributed by atoms with Crippen molar-refractivity contribution in [2.75, 3.05) is 0 Å². The van der Waals surface area contributed by atoms with Gasteiger partial charge in [0.05, 0.1) is 0 Å². The van der Waals surface area contributed by atoms with Gasteiger partial charge in [0, 0.05) is 18.0 Å². The Labute approximate surface area is 109 Å². The second-order valence-electron chi connectivity index (χ2n) is 3.83. The zero-order chi connectivity index (χ0) is 13.5.